The van der Waals surface area contributed by atoms with E-state index in [0.29, 0.717) is 30.4 Å². The number of carbonyl (C=O) groups is 10. The minimum Gasteiger partial charge on any atom is -0.450 e. The molecule has 88 heavy (non-hydrogen) atoms. The number of cyclic esters (lactones) is 1. The van der Waals surface area contributed by atoms with Crippen molar-refractivity contribution >= 4 is 59.1 Å². The highest BCUT2D eigenvalue weighted by atomic mass is 16.6. The summed E-state index contributed by atoms with van der Waals surface area (Å²) in [6.45, 7) is 21.2. The van der Waals surface area contributed by atoms with Crippen LogP contribution in [0.4, 0.5) is 0 Å². The van der Waals surface area contributed by atoms with Crippen LogP contribution >= 0.6 is 0 Å². The minimum absolute atomic E-state index is 0.0135. The second-order valence-electron chi connectivity index (χ2n) is 26.2. The predicted molar refractivity (Wildman–Crippen MR) is 334 cm³/mol. The number of likely N-dealkylation sites (N-methyl/N-ethyl adjacent to an activating group) is 5. The Hall–Kier alpha value is -6.94. The molecule has 0 spiro atoms. The number of nitrogens with one attached hydrogen (secondary N) is 3. The number of nitrogens with zero attached hydrogens (tertiary/aromatic N) is 6. The number of amides is 9. The molecule has 13 atom stereocenters. The molecule has 2 heterocycles. The fourth-order valence-electron chi connectivity index (χ4n) is 12.2. The van der Waals surface area contributed by atoms with Gasteiger partial charge in [0, 0.05) is 73.1 Å². The number of aliphatic hydroxyl groups excluding tert-OH is 1. The van der Waals surface area contributed by atoms with Gasteiger partial charge in [0.2, 0.25) is 47.3 Å². The molecule has 2 aromatic carbocycles. The van der Waals surface area contributed by atoms with Gasteiger partial charge in [-0.05, 0) is 74.3 Å². The first-order valence-corrected chi connectivity index (χ1v) is 31.3. The van der Waals surface area contributed by atoms with Gasteiger partial charge in [-0.3, -0.25) is 43.2 Å². The van der Waals surface area contributed by atoms with Crippen molar-refractivity contribution in [3.05, 3.63) is 71.8 Å². The Morgan fingerprint density at radius 1 is 0.545 bits per heavy atom. The molecule has 22 nitrogen and oxygen atoms in total. The van der Waals surface area contributed by atoms with E-state index in [1.807, 2.05) is 39.0 Å². The average molecular weight is 1230 g/mol. The largest absolute Gasteiger partial charge is 0.450 e. The lowest BCUT2D eigenvalue weighted by Crippen LogP contribution is -2.65. The zero-order chi connectivity index (χ0) is 66.4. The van der Waals surface area contributed by atoms with Crippen molar-refractivity contribution in [3.8, 4) is 0 Å². The van der Waals surface area contributed by atoms with Crippen LogP contribution in [-0.4, -0.2) is 213 Å². The fraction of sp³-hybridized carbons (Fsp3) is 0.667. The van der Waals surface area contributed by atoms with Crippen molar-refractivity contribution in [2.75, 3.05) is 48.4 Å². The van der Waals surface area contributed by atoms with E-state index in [-0.39, 0.29) is 38.1 Å². The van der Waals surface area contributed by atoms with Gasteiger partial charge in [-0.2, -0.15) is 0 Å². The van der Waals surface area contributed by atoms with E-state index < -0.39 is 161 Å². The number of hydrogen-bond acceptors (Lipinski definition) is 13. The monoisotopic (exact) mass is 1230 g/mol. The summed E-state index contributed by atoms with van der Waals surface area (Å²) in [5, 5.41) is 31.3. The lowest BCUT2D eigenvalue weighted by molar-refractivity contribution is -0.174. The highest BCUT2D eigenvalue weighted by Crippen LogP contribution is 2.28. The van der Waals surface area contributed by atoms with E-state index in [9.17, 15) is 29.4 Å². The summed E-state index contributed by atoms with van der Waals surface area (Å²) in [6.07, 6.45) is -0.198. The van der Waals surface area contributed by atoms with Crippen LogP contribution in [0.3, 0.4) is 0 Å². The van der Waals surface area contributed by atoms with Gasteiger partial charge in [-0.25, -0.2) is 4.79 Å². The van der Waals surface area contributed by atoms with Crippen LogP contribution in [0.5, 0.6) is 0 Å². The van der Waals surface area contributed by atoms with E-state index in [0.717, 1.165) is 14.7 Å². The SMILES string of the molecule is CC[C@H](C)C1NC(=O)[C@@H]2CCCN2C(=O)[C@H](Cc2ccccc2)N(C)C(=O)[C@@H](Cc2ccccc2)NC(=O)[C@@H](C(C)C)N(C)C(=O)[C@H]([C@@H](C)CC)OC(=O)[C@@H](C(C)CO)N(C)C(=O)[C@@H](C(C)(C)O)N(C)C(=O)C(CC(C)C)NC(=O)[C@H](C(C)C)N(C)C1=O. The minimum atomic E-state index is -2.02. The summed E-state index contributed by atoms with van der Waals surface area (Å²) in [6, 6.07) is 5.98. The van der Waals surface area contributed by atoms with Crippen molar-refractivity contribution in [1.82, 2.24) is 45.3 Å². The summed E-state index contributed by atoms with van der Waals surface area (Å²) in [4.78, 5) is 158. The summed E-state index contributed by atoms with van der Waals surface area (Å²) in [5.74, 6) is -11.1. The molecule has 2 aliphatic heterocycles. The molecule has 2 aromatic rings. The van der Waals surface area contributed by atoms with Gasteiger partial charge < -0.3 is 60.3 Å². The van der Waals surface area contributed by atoms with E-state index in [1.165, 1.54) is 70.7 Å². The first-order chi connectivity index (χ1) is 41.2. The van der Waals surface area contributed by atoms with Crippen LogP contribution in [0, 0.1) is 35.5 Å². The zero-order valence-electron chi connectivity index (χ0n) is 55.4. The van der Waals surface area contributed by atoms with Gasteiger partial charge in [0.15, 0.2) is 6.10 Å². The molecular formula is C66H103N9O13. The van der Waals surface area contributed by atoms with E-state index in [4.69, 9.17) is 4.74 Å². The van der Waals surface area contributed by atoms with Crippen LogP contribution < -0.4 is 16.0 Å². The number of benzene rings is 2. The summed E-state index contributed by atoms with van der Waals surface area (Å²) in [5.41, 5.74) is -0.651. The van der Waals surface area contributed by atoms with Crippen LogP contribution in [0.1, 0.15) is 133 Å². The Morgan fingerprint density at radius 2 is 1.02 bits per heavy atom. The molecule has 0 saturated carbocycles. The number of ether oxygens (including phenoxy) is 1. The molecule has 9 amide bonds. The van der Waals surface area contributed by atoms with E-state index >= 15 is 28.8 Å². The number of rotatable bonds is 15. The molecule has 3 unspecified atom stereocenters. The van der Waals surface area contributed by atoms with Crippen molar-refractivity contribution < 1.29 is 62.9 Å². The lowest BCUT2D eigenvalue weighted by Gasteiger charge is -2.42. The third-order valence-corrected chi connectivity index (χ3v) is 17.7. The topological polar surface area (TPSA) is 276 Å². The molecule has 2 saturated heterocycles. The van der Waals surface area contributed by atoms with Gasteiger partial charge in [0.1, 0.15) is 54.4 Å². The zero-order valence-corrected chi connectivity index (χ0v) is 55.4. The molecule has 0 radical (unpaired) electrons. The Balaban J connectivity index is 2.01. The van der Waals surface area contributed by atoms with Crippen molar-refractivity contribution in [1.29, 1.82) is 0 Å². The molecule has 22 heteroatoms. The Labute approximate surface area is 522 Å². The lowest BCUT2D eigenvalue weighted by atomic mass is 9.92. The highest BCUT2D eigenvalue weighted by Gasteiger charge is 2.49. The van der Waals surface area contributed by atoms with Gasteiger partial charge in [-0.1, -0.05) is 143 Å². The van der Waals surface area contributed by atoms with E-state index in [1.54, 1.807) is 90.9 Å². The molecule has 490 valence electrons. The van der Waals surface area contributed by atoms with Gasteiger partial charge in [0.25, 0.3) is 5.91 Å². The van der Waals surface area contributed by atoms with Gasteiger partial charge in [0.05, 0.1) is 5.60 Å². The third-order valence-electron chi connectivity index (χ3n) is 17.7. The normalized spacial score (nSPS) is 26.7. The maximum Gasteiger partial charge on any atom is 0.330 e. The summed E-state index contributed by atoms with van der Waals surface area (Å²) >= 11 is 0. The quantitative estimate of drug-likeness (QED) is 0.159. The predicted octanol–water partition coefficient (Wildman–Crippen LogP) is 3.83. The van der Waals surface area contributed by atoms with Crippen LogP contribution in [0.15, 0.2) is 60.7 Å². The van der Waals surface area contributed by atoms with Crippen molar-refractivity contribution in [3.63, 3.8) is 0 Å². The number of carbonyl (C=O) groups excluding carboxylic acids is 10. The van der Waals surface area contributed by atoms with E-state index in [2.05, 4.69) is 16.0 Å². The molecular weight excluding hydrogens is 1130 g/mol. The van der Waals surface area contributed by atoms with Gasteiger partial charge >= 0.3 is 5.97 Å². The molecule has 0 bridgehead atoms. The van der Waals surface area contributed by atoms with Crippen LogP contribution in [0.2, 0.25) is 0 Å². The Morgan fingerprint density at radius 3 is 1.50 bits per heavy atom. The molecule has 5 N–H and O–H groups in total. The van der Waals surface area contributed by atoms with Crippen LogP contribution in [0.25, 0.3) is 0 Å². The van der Waals surface area contributed by atoms with Crippen molar-refractivity contribution in [2.45, 2.75) is 201 Å². The standard InChI is InChI=1S/C66H103N9O13/c1-19-41(9)50-62(83)71(15)51(39(5)6)57(78)67-46(34-38(3)4)60(81)74(18)55(66(12,13)87)64(85)73(17)53(43(11)37-76)65(86)88-54(42(10)20-2)63(84)72(16)52(40(7)8)58(79)68-47(35-44-28-23-21-24-29-44)59(80)70(14)49(36-45-30-25-22-26-31-45)61(82)75-33-27-32-48(75)56(77)69-50/h21-26,28-31,38-43,46-55,76,87H,19-20,27,32-37H2,1-18H3,(H,67,78)(H,68,79)(H,69,77)/t41-,42-,43?,46?,47+,48-,49-,50?,51-,52+,53+,54-,55-/m0/s1. The maximum absolute atomic E-state index is 15.4. The van der Waals surface area contributed by atoms with Crippen LogP contribution in [-0.2, 0) is 65.5 Å². The second-order valence-corrected chi connectivity index (χ2v) is 26.2. The first kappa shape index (κ1) is 73.5. The first-order valence-electron chi connectivity index (χ1n) is 31.3. The molecule has 0 aromatic heterocycles. The third kappa shape index (κ3) is 18.1. The summed E-state index contributed by atoms with van der Waals surface area (Å²) in [7, 11) is 6.84. The molecule has 4 rings (SSSR count). The number of fused-ring (bicyclic) bond motifs is 1. The number of aliphatic hydroxyl groups is 2. The molecule has 0 aliphatic carbocycles. The average Bonchev–Trinajstić information content (AvgIpc) is 1.65. The number of hydrogen-bond donors (Lipinski definition) is 5. The maximum atomic E-state index is 15.4. The second kappa shape index (κ2) is 32.5. The highest BCUT2D eigenvalue weighted by molar-refractivity contribution is 5.99. The molecule has 2 aliphatic rings. The number of esters is 1. The van der Waals surface area contributed by atoms with Gasteiger partial charge in [-0.15, -0.1) is 0 Å². The summed E-state index contributed by atoms with van der Waals surface area (Å²) < 4.78 is 6.14. The fourth-order valence-corrected chi connectivity index (χ4v) is 12.2. The Kier molecular flexibility index (Phi) is 27.2. The smallest absolute Gasteiger partial charge is 0.330 e. The molecule has 2 fully saturated rings. The van der Waals surface area contributed by atoms with Crippen molar-refractivity contribution in [2.24, 2.45) is 35.5 Å². The Bertz CT molecular complexity index is 2720.